The van der Waals surface area contributed by atoms with Gasteiger partial charge in [0.25, 0.3) is 11.8 Å². The molecule has 11 nitrogen and oxygen atoms in total. The third kappa shape index (κ3) is 6.90. The Bertz CT molecular complexity index is 1340. The summed E-state index contributed by atoms with van der Waals surface area (Å²) in [5.41, 5.74) is 2.64. The SMILES string of the molecule is CNCCNC(=O)C(O)C1OC(NS(=O)(=O)c2cccc(C3CN(C)Cc4c(Cl)cc(Cl)cc43)c2)CNC1=O. The minimum Gasteiger partial charge on any atom is -0.380 e. The molecule has 2 heterocycles. The normalized spacial score (nSPS) is 22.6. The number of aliphatic hydroxyl groups is 1. The van der Waals surface area contributed by atoms with Crippen molar-refractivity contribution in [3.05, 3.63) is 63.1 Å². The van der Waals surface area contributed by atoms with Crippen LogP contribution in [0.2, 0.25) is 10.0 Å². The molecule has 2 aromatic carbocycles. The van der Waals surface area contributed by atoms with Crippen molar-refractivity contribution in [2.45, 2.75) is 35.8 Å². The average Bonchev–Trinajstić information content (AvgIpc) is 2.89. The maximum Gasteiger partial charge on any atom is 0.252 e. The highest BCUT2D eigenvalue weighted by atomic mass is 35.5. The fraction of sp³-hybridized carbons (Fsp3) is 0.440. The maximum atomic E-state index is 13.3. The van der Waals surface area contributed by atoms with E-state index in [1.165, 1.54) is 6.07 Å². The van der Waals surface area contributed by atoms with E-state index >= 15 is 0 Å². The first-order valence-corrected chi connectivity index (χ1v) is 14.6. The number of ether oxygens (including phenoxy) is 1. The highest BCUT2D eigenvalue weighted by molar-refractivity contribution is 7.89. The van der Waals surface area contributed by atoms with E-state index < -0.39 is 40.3 Å². The molecule has 212 valence electrons. The lowest BCUT2D eigenvalue weighted by atomic mass is 9.85. The predicted molar refractivity (Wildman–Crippen MR) is 146 cm³/mol. The third-order valence-corrected chi connectivity index (χ3v) is 8.61. The van der Waals surface area contributed by atoms with Gasteiger partial charge in [0.1, 0.15) is 6.23 Å². The zero-order chi connectivity index (χ0) is 28.3. The van der Waals surface area contributed by atoms with E-state index in [-0.39, 0.29) is 23.9 Å². The Kier molecular flexibility index (Phi) is 9.50. The molecule has 14 heteroatoms. The zero-order valence-electron chi connectivity index (χ0n) is 21.4. The summed E-state index contributed by atoms with van der Waals surface area (Å²) in [5, 5.41) is 19.2. The minimum atomic E-state index is -4.12. The van der Waals surface area contributed by atoms with Crippen molar-refractivity contribution < 1.29 is 27.9 Å². The van der Waals surface area contributed by atoms with Gasteiger partial charge in [-0.25, -0.2) is 8.42 Å². The molecular formula is C25H31Cl2N5O6S. The smallest absolute Gasteiger partial charge is 0.252 e. The molecule has 0 aliphatic carbocycles. The van der Waals surface area contributed by atoms with Gasteiger partial charge in [-0.3, -0.25) is 9.59 Å². The Morgan fingerprint density at radius 3 is 2.77 bits per heavy atom. The van der Waals surface area contributed by atoms with E-state index in [0.717, 1.165) is 16.7 Å². The number of hydrogen-bond acceptors (Lipinski definition) is 8. The van der Waals surface area contributed by atoms with Gasteiger partial charge in [-0.15, -0.1) is 0 Å². The highest BCUT2D eigenvalue weighted by Gasteiger charge is 2.39. The molecule has 1 fully saturated rings. The number of morpholine rings is 1. The van der Waals surface area contributed by atoms with Gasteiger partial charge < -0.3 is 30.7 Å². The Labute approximate surface area is 237 Å². The molecule has 4 atom stereocenters. The number of nitrogens with one attached hydrogen (secondary N) is 4. The first-order chi connectivity index (χ1) is 18.5. The van der Waals surface area contributed by atoms with Crippen molar-refractivity contribution in [1.82, 2.24) is 25.6 Å². The van der Waals surface area contributed by atoms with Crippen LogP contribution in [-0.4, -0.2) is 88.9 Å². The second kappa shape index (κ2) is 12.5. The lowest BCUT2D eigenvalue weighted by Gasteiger charge is -2.34. The van der Waals surface area contributed by atoms with Crippen LogP contribution in [0.15, 0.2) is 41.3 Å². The monoisotopic (exact) mass is 599 g/mol. The summed E-state index contributed by atoms with van der Waals surface area (Å²) in [5.74, 6) is -1.70. The number of benzene rings is 2. The highest BCUT2D eigenvalue weighted by Crippen LogP contribution is 2.38. The average molecular weight is 601 g/mol. The molecule has 2 aliphatic rings. The molecule has 4 rings (SSSR count). The van der Waals surface area contributed by atoms with Crippen LogP contribution >= 0.6 is 23.2 Å². The molecule has 5 N–H and O–H groups in total. The molecule has 0 spiro atoms. The van der Waals surface area contributed by atoms with Crippen LogP contribution in [0.25, 0.3) is 0 Å². The molecule has 4 unspecified atom stereocenters. The number of halogens is 2. The van der Waals surface area contributed by atoms with E-state index in [4.69, 9.17) is 27.9 Å². The quantitative estimate of drug-likeness (QED) is 0.260. The van der Waals surface area contributed by atoms with Crippen molar-refractivity contribution in [3.63, 3.8) is 0 Å². The van der Waals surface area contributed by atoms with Gasteiger partial charge in [-0.2, -0.15) is 4.72 Å². The fourth-order valence-corrected chi connectivity index (χ4v) is 6.43. The summed E-state index contributed by atoms with van der Waals surface area (Å²) in [4.78, 5) is 26.6. The van der Waals surface area contributed by atoms with Crippen LogP contribution in [0.1, 0.15) is 22.6 Å². The van der Waals surface area contributed by atoms with Gasteiger partial charge in [0, 0.05) is 42.1 Å². The zero-order valence-corrected chi connectivity index (χ0v) is 23.7. The summed E-state index contributed by atoms with van der Waals surface area (Å²) < 4.78 is 34.6. The molecule has 2 aromatic rings. The van der Waals surface area contributed by atoms with E-state index in [2.05, 4.69) is 25.6 Å². The molecule has 39 heavy (non-hydrogen) atoms. The number of sulfonamides is 1. The van der Waals surface area contributed by atoms with Crippen LogP contribution < -0.4 is 20.7 Å². The first kappa shape index (κ1) is 29.7. The number of carbonyl (C=O) groups is 2. The van der Waals surface area contributed by atoms with Crippen LogP contribution in [0, 0.1) is 0 Å². The molecular weight excluding hydrogens is 569 g/mol. The second-order valence-corrected chi connectivity index (χ2v) is 12.1. The van der Waals surface area contributed by atoms with Crippen LogP contribution in [-0.2, 0) is 30.9 Å². The van der Waals surface area contributed by atoms with Gasteiger partial charge in [0.2, 0.25) is 10.0 Å². The van der Waals surface area contributed by atoms with E-state index in [0.29, 0.717) is 29.7 Å². The Hall–Kier alpha value is -2.29. The van der Waals surface area contributed by atoms with Crippen LogP contribution in [0.3, 0.4) is 0 Å². The standard InChI is InChI=1S/C25H31Cl2N5O6S/c1-28-6-7-29-24(34)22(33)23-25(35)30-11-21(38-23)31-39(36,37)16-5-3-4-14(8-16)18-12-32(2)13-19-17(18)9-15(26)10-20(19)27/h3-5,8-10,18,21-23,28,31,33H,6-7,11-13H2,1-2H3,(H,29,34)(H,30,35). The molecule has 0 bridgehead atoms. The number of amides is 2. The lowest BCUT2D eigenvalue weighted by Crippen LogP contribution is -2.61. The number of carbonyl (C=O) groups excluding carboxylic acids is 2. The Morgan fingerprint density at radius 1 is 1.26 bits per heavy atom. The van der Waals surface area contributed by atoms with E-state index in [1.807, 2.05) is 19.2 Å². The molecule has 1 saturated heterocycles. The van der Waals surface area contributed by atoms with Crippen molar-refractivity contribution in [2.75, 3.05) is 40.3 Å². The van der Waals surface area contributed by atoms with Crippen molar-refractivity contribution in [2.24, 2.45) is 0 Å². The summed E-state index contributed by atoms with van der Waals surface area (Å²) in [6.07, 6.45) is -4.61. The third-order valence-electron chi connectivity index (χ3n) is 6.61. The van der Waals surface area contributed by atoms with Gasteiger partial charge >= 0.3 is 0 Å². The predicted octanol–water partition coefficient (Wildman–Crippen LogP) is 0.387. The Balaban J connectivity index is 1.52. The van der Waals surface area contributed by atoms with Gasteiger partial charge in [0.15, 0.2) is 12.2 Å². The second-order valence-electron chi connectivity index (χ2n) is 9.53. The van der Waals surface area contributed by atoms with Crippen LogP contribution in [0.5, 0.6) is 0 Å². The summed E-state index contributed by atoms with van der Waals surface area (Å²) in [6.45, 7) is 1.79. The van der Waals surface area contributed by atoms with E-state index in [9.17, 15) is 23.1 Å². The van der Waals surface area contributed by atoms with Gasteiger partial charge in [0.05, 0.1) is 11.4 Å². The van der Waals surface area contributed by atoms with Crippen molar-refractivity contribution >= 4 is 45.0 Å². The summed E-state index contributed by atoms with van der Waals surface area (Å²) in [6, 6.07) is 10.1. The molecule has 0 saturated carbocycles. The molecule has 2 amide bonds. The first-order valence-electron chi connectivity index (χ1n) is 12.3. The number of likely N-dealkylation sites (N-methyl/N-ethyl adjacent to an activating group) is 2. The van der Waals surface area contributed by atoms with Gasteiger partial charge in [-0.1, -0.05) is 35.3 Å². The fourth-order valence-electron chi connectivity index (χ4n) is 4.69. The maximum absolute atomic E-state index is 13.3. The van der Waals surface area contributed by atoms with E-state index in [1.54, 1.807) is 25.2 Å². The summed E-state index contributed by atoms with van der Waals surface area (Å²) in [7, 11) is -0.455. The van der Waals surface area contributed by atoms with Crippen molar-refractivity contribution in [3.8, 4) is 0 Å². The number of hydrogen-bond donors (Lipinski definition) is 5. The number of nitrogens with zero attached hydrogens (tertiary/aromatic N) is 1. The minimum absolute atomic E-state index is 0.00897. The van der Waals surface area contributed by atoms with Crippen LogP contribution in [0.4, 0.5) is 0 Å². The largest absolute Gasteiger partial charge is 0.380 e. The van der Waals surface area contributed by atoms with Gasteiger partial charge in [-0.05, 0) is 55.1 Å². The Morgan fingerprint density at radius 2 is 2.03 bits per heavy atom. The number of aliphatic hydroxyl groups excluding tert-OH is 1. The number of rotatable bonds is 9. The molecule has 0 radical (unpaired) electrons. The topological polar surface area (TPSA) is 149 Å². The molecule has 0 aromatic heterocycles. The molecule has 2 aliphatic heterocycles. The summed E-state index contributed by atoms with van der Waals surface area (Å²) >= 11 is 12.8. The van der Waals surface area contributed by atoms with Crippen molar-refractivity contribution in [1.29, 1.82) is 0 Å². The lowest BCUT2D eigenvalue weighted by molar-refractivity contribution is -0.164. The number of fused-ring (bicyclic) bond motifs is 1.